The Kier molecular flexibility index (Phi) is 4.79. The summed E-state index contributed by atoms with van der Waals surface area (Å²) in [7, 11) is 3.90. The van der Waals surface area contributed by atoms with Crippen molar-refractivity contribution < 1.29 is 9.57 Å². The fourth-order valence-corrected chi connectivity index (χ4v) is 6.06. The van der Waals surface area contributed by atoms with E-state index in [1.54, 1.807) is 7.11 Å². The molecule has 1 spiro atoms. The van der Waals surface area contributed by atoms with Crippen molar-refractivity contribution in [2.45, 2.75) is 38.0 Å². The Morgan fingerprint density at radius 3 is 2.62 bits per heavy atom. The molecule has 2 bridgehead atoms. The predicted octanol–water partition coefficient (Wildman–Crippen LogP) is 3.69. The normalized spacial score (nSPS) is 28.5. The monoisotopic (exact) mass is 432 g/mol. The number of aryl methyl sites for hydroxylation is 1. The molecule has 0 N–H and O–H groups in total. The van der Waals surface area contributed by atoms with Gasteiger partial charge in [0, 0.05) is 37.3 Å². The van der Waals surface area contributed by atoms with E-state index < -0.39 is 0 Å². The van der Waals surface area contributed by atoms with Crippen molar-refractivity contribution in [1.82, 2.24) is 9.80 Å². The molecule has 7 rings (SSSR count). The van der Waals surface area contributed by atoms with Crippen LogP contribution < -0.4 is 9.64 Å². The molecule has 168 valence electrons. The predicted molar refractivity (Wildman–Crippen MR) is 126 cm³/mol. The van der Waals surface area contributed by atoms with Crippen molar-refractivity contribution in [3.63, 3.8) is 0 Å². The quantitative estimate of drug-likeness (QED) is 0.737. The second-order valence-corrected chi connectivity index (χ2v) is 9.70. The lowest BCUT2D eigenvalue weighted by atomic mass is 9.79. The second kappa shape index (κ2) is 7.69. The lowest BCUT2D eigenvalue weighted by Crippen LogP contribution is -2.66. The van der Waals surface area contributed by atoms with Crippen molar-refractivity contribution in [2.75, 3.05) is 45.2 Å². The number of piperidine rings is 3. The Hall–Kier alpha value is -2.73. The Morgan fingerprint density at radius 2 is 1.91 bits per heavy atom. The zero-order valence-electron chi connectivity index (χ0n) is 19.1. The number of amidine groups is 1. The highest BCUT2D eigenvalue weighted by atomic mass is 16.7. The highest BCUT2D eigenvalue weighted by molar-refractivity contribution is 6.00. The van der Waals surface area contributed by atoms with Crippen molar-refractivity contribution >= 4 is 11.5 Å². The van der Waals surface area contributed by atoms with Crippen LogP contribution in [-0.4, -0.2) is 61.7 Å². The first-order valence-corrected chi connectivity index (χ1v) is 11.9. The van der Waals surface area contributed by atoms with Gasteiger partial charge in [-0.15, -0.1) is 0 Å². The summed E-state index contributed by atoms with van der Waals surface area (Å²) in [6, 6.07) is 15.2. The van der Waals surface area contributed by atoms with E-state index in [4.69, 9.17) is 14.7 Å². The molecule has 0 saturated carbocycles. The Labute approximate surface area is 190 Å². The van der Waals surface area contributed by atoms with E-state index in [9.17, 15) is 0 Å². The molecule has 2 aromatic carbocycles. The molecule has 5 heterocycles. The van der Waals surface area contributed by atoms with Crippen LogP contribution in [-0.2, 0) is 17.8 Å². The maximum atomic E-state index is 6.41. The average Bonchev–Trinajstić information content (AvgIpc) is 3.17. The minimum atomic E-state index is -0.363. The minimum absolute atomic E-state index is 0.363. The van der Waals surface area contributed by atoms with Gasteiger partial charge < -0.3 is 19.4 Å². The molecule has 0 aliphatic carbocycles. The van der Waals surface area contributed by atoms with Crippen LogP contribution in [0.25, 0.3) is 0 Å². The summed E-state index contributed by atoms with van der Waals surface area (Å²) in [4.78, 5) is 13.8. The van der Waals surface area contributed by atoms with Crippen molar-refractivity contribution in [1.29, 1.82) is 0 Å². The van der Waals surface area contributed by atoms with Crippen LogP contribution in [0, 0.1) is 5.92 Å². The molecule has 6 nitrogen and oxygen atoms in total. The first kappa shape index (κ1) is 19.9. The van der Waals surface area contributed by atoms with Gasteiger partial charge in [-0.3, -0.25) is 4.90 Å². The summed E-state index contributed by atoms with van der Waals surface area (Å²) in [6.07, 6.45) is 4.68. The van der Waals surface area contributed by atoms with Crippen molar-refractivity contribution in [3.05, 3.63) is 59.2 Å². The molecular weight excluding hydrogens is 400 g/mol. The number of nitrogens with zero attached hydrogens (tertiary/aromatic N) is 4. The van der Waals surface area contributed by atoms with Crippen LogP contribution in [0.2, 0.25) is 0 Å². The van der Waals surface area contributed by atoms with Crippen LogP contribution >= 0.6 is 0 Å². The lowest BCUT2D eigenvalue weighted by Gasteiger charge is -2.53. The molecule has 3 saturated heterocycles. The third-order valence-electron chi connectivity index (χ3n) is 7.87. The van der Waals surface area contributed by atoms with Gasteiger partial charge in [-0.2, -0.15) is 0 Å². The molecule has 0 amide bonds. The van der Waals surface area contributed by atoms with E-state index in [2.05, 4.69) is 52.1 Å². The zero-order chi connectivity index (χ0) is 21.7. The Bertz CT molecular complexity index is 1030. The summed E-state index contributed by atoms with van der Waals surface area (Å²) < 4.78 is 5.37. The SMILES string of the molecule is COc1ccc(CN2C(c3ccc4c(c3)CCCN4C)=NOC23CN2CCC3CC2)cc1. The summed E-state index contributed by atoms with van der Waals surface area (Å²) in [5, 5.41) is 4.76. The highest BCUT2D eigenvalue weighted by Crippen LogP contribution is 2.45. The van der Waals surface area contributed by atoms with Crippen LogP contribution in [0.1, 0.15) is 36.0 Å². The lowest BCUT2D eigenvalue weighted by molar-refractivity contribution is -0.198. The Balaban J connectivity index is 1.37. The molecule has 0 radical (unpaired) electrons. The van der Waals surface area contributed by atoms with Crippen LogP contribution in [0.5, 0.6) is 5.75 Å². The summed E-state index contributed by atoms with van der Waals surface area (Å²) >= 11 is 0. The molecule has 1 unspecified atom stereocenters. The van der Waals surface area contributed by atoms with Gasteiger partial charge in [0.1, 0.15) is 5.75 Å². The molecule has 5 aliphatic rings. The van der Waals surface area contributed by atoms with Crippen molar-refractivity contribution in [3.8, 4) is 5.75 Å². The van der Waals surface area contributed by atoms with Crippen LogP contribution in [0.3, 0.4) is 0 Å². The fourth-order valence-electron chi connectivity index (χ4n) is 6.06. The summed E-state index contributed by atoms with van der Waals surface area (Å²) in [5.74, 6) is 2.37. The van der Waals surface area contributed by atoms with Gasteiger partial charge in [0.25, 0.3) is 0 Å². The first-order chi connectivity index (χ1) is 15.7. The number of hydrogen-bond donors (Lipinski definition) is 0. The molecule has 1 atom stereocenters. The molecule has 5 aliphatic heterocycles. The molecule has 6 heteroatoms. The molecule has 3 fully saturated rings. The number of methoxy groups -OCH3 is 1. The molecular formula is C26H32N4O2. The van der Waals surface area contributed by atoms with Crippen molar-refractivity contribution in [2.24, 2.45) is 11.1 Å². The highest BCUT2D eigenvalue weighted by Gasteiger charge is 2.57. The smallest absolute Gasteiger partial charge is 0.227 e. The number of benzene rings is 2. The number of fused-ring (bicyclic) bond motifs is 3. The van der Waals surface area contributed by atoms with Gasteiger partial charge in [0.05, 0.1) is 13.7 Å². The van der Waals surface area contributed by atoms with Gasteiger partial charge in [-0.05, 0) is 80.2 Å². The number of oxime groups is 1. The number of rotatable bonds is 4. The second-order valence-electron chi connectivity index (χ2n) is 9.70. The third-order valence-corrected chi connectivity index (χ3v) is 7.87. The van der Waals surface area contributed by atoms with Gasteiger partial charge in [0.2, 0.25) is 5.72 Å². The van der Waals surface area contributed by atoms with Gasteiger partial charge in [-0.1, -0.05) is 17.3 Å². The topological polar surface area (TPSA) is 40.5 Å². The largest absolute Gasteiger partial charge is 0.497 e. The van der Waals surface area contributed by atoms with Crippen LogP contribution in [0.15, 0.2) is 47.6 Å². The third kappa shape index (κ3) is 3.15. The minimum Gasteiger partial charge on any atom is -0.497 e. The number of hydrogen-bond acceptors (Lipinski definition) is 6. The molecule has 2 aromatic rings. The molecule has 0 aromatic heterocycles. The van der Waals surface area contributed by atoms with Gasteiger partial charge in [0.15, 0.2) is 5.84 Å². The van der Waals surface area contributed by atoms with Crippen LogP contribution in [0.4, 0.5) is 5.69 Å². The number of anilines is 1. The Morgan fingerprint density at radius 1 is 1.09 bits per heavy atom. The van der Waals surface area contributed by atoms with E-state index >= 15 is 0 Å². The summed E-state index contributed by atoms with van der Waals surface area (Å²) in [6.45, 7) is 5.18. The van der Waals surface area contributed by atoms with E-state index in [0.717, 1.165) is 37.6 Å². The van der Waals surface area contributed by atoms with E-state index in [1.807, 2.05) is 12.1 Å². The molecule has 32 heavy (non-hydrogen) atoms. The maximum Gasteiger partial charge on any atom is 0.227 e. The van der Waals surface area contributed by atoms with E-state index in [0.29, 0.717) is 5.92 Å². The van der Waals surface area contributed by atoms with Gasteiger partial charge >= 0.3 is 0 Å². The van der Waals surface area contributed by atoms with Gasteiger partial charge in [-0.25, -0.2) is 0 Å². The number of ether oxygens (including phenoxy) is 1. The zero-order valence-corrected chi connectivity index (χ0v) is 19.1. The summed E-state index contributed by atoms with van der Waals surface area (Å²) in [5.41, 5.74) is 4.81. The fraction of sp³-hybridized carbons (Fsp3) is 0.500. The van der Waals surface area contributed by atoms with E-state index in [1.165, 1.54) is 54.7 Å². The maximum absolute atomic E-state index is 6.41. The van der Waals surface area contributed by atoms with E-state index in [-0.39, 0.29) is 5.72 Å². The first-order valence-electron chi connectivity index (χ1n) is 11.9. The average molecular weight is 433 g/mol. The standard InChI is InChI=1S/C26H32N4O2/c1-28-13-3-4-20-16-21(7-10-24(20)28)25-27-32-26(18-29-14-11-22(26)12-15-29)30(25)17-19-5-8-23(31-2)9-6-19/h5-10,16,22H,3-4,11-15,17-18H2,1-2H3.